The predicted octanol–water partition coefficient (Wildman–Crippen LogP) is 5.94. The van der Waals surface area contributed by atoms with Crippen LogP contribution in [0.25, 0.3) is 0 Å². The summed E-state index contributed by atoms with van der Waals surface area (Å²) in [5, 5.41) is 12.5. The number of nitrogens with zero attached hydrogens (tertiary/aromatic N) is 4. The standard InChI is InChI=1S/C23H22Cl2F6N4O4/c1-11-6-12(2-3-13(11)21(38)39)35-19(23(29,30)31)14(7-33-35)20(37)34(5-4-22(26,27)28)10-17(36)18-15(24)8-32-9-16(18)25/h7-9,11-13H,2-6,10H2,1H3,(H,38,39)/t11-,12?,13?/m0/s1. The Morgan fingerprint density at radius 2 is 1.69 bits per heavy atom. The first kappa shape index (κ1) is 30.7. The fourth-order valence-corrected chi connectivity index (χ4v) is 5.22. The Hall–Kier alpha value is -2.87. The molecule has 0 aromatic carbocycles. The van der Waals surface area contributed by atoms with Crippen LogP contribution in [0.4, 0.5) is 26.3 Å². The highest BCUT2D eigenvalue weighted by Gasteiger charge is 2.44. The van der Waals surface area contributed by atoms with E-state index in [1.807, 2.05) is 0 Å². The fourth-order valence-electron chi connectivity index (χ4n) is 4.65. The molecule has 1 amide bonds. The van der Waals surface area contributed by atoms with Crippen LogP contribution >= 0.6 is 23.2 Å². The molecule has 8 nitrogen and oxygen atoms in total. The number of carbonyl (C=O) groups is 3. The molecule has 0 bridgehead atoms. The van der Waals surface area contributed by atoms with E-state index in [0.717, 1.165) is 12.4 Å². The molecule has 1 N–H and O–H groups in total. The monoisotopic (exact) mass is 602 g/mol. The van der Waals surface area contributed by atoms with Gasteiger partial charge in [-0.3, -0.25) is 24.0 Å². The molecule has 1 aliphatic rings. The molecule has 2 aromatic heterocycles. The summed E-state index contributed by atoms with van der Waals surface area (Å²) in [5.41, 5.74) is -2.89. The van der Waals surface area contributed by atoms with Gasteiger partial charge in [-0.25, -0.2) is 0 Å². The van der Waals surface area contributed by atoms with Gasteiger partial charge in [-0.1, -0.05) is 30.1 Å². The maximum Gasteiger partial charge on any atom is 0.433 e. The van der Waals surface area contributed by atoms with E-state index in [2.05, 4.69) is 10.1 Å². The van der Waals surface area contributed by atoms with Gasteiger partial charge in [0.2, 0.25) is 0 Å². The Labute approximate surface area is 227 Å². The number of halogens is 8. The smallest absolute Gasteiger partial charge is 0.433 e. The molecular formula is C23H22Cl2F6N4O4. The van der Waals surface area contributed by atoms with Gasteiger partial charge in [0.25, 0.3) is 5.91 Å². The normalized spacial score (nSPS) is 20.1. The Morgan fingerprint density at radius 1 is 1.08 bits per heavy atom. The summed E-state index contributed by atoms with van der Waals surface area (Å²) in [6.07, 6.45) is -8.76. The zero-order valence-electron chi connectivity index (χ0n) is 20.2. The maximum absolute atomic E-state index is 14.2. The number of alkyl halides is 6. The number of hydrogen-bond donors (Lipinski definition) is 1. The molecule has 2 aromatic rings. The fraction of sp³-hybridized carbons (Fsp3) is 0.522. The predicted molar refractivity (Wildman–Crippen MR) is 126 cm³/mol. The lowest BCUT2D eigenvalue weighted by Crippen LogP contribution is -2.39. The van der Waals surface area contributed by atoms with Crippen LogP contribution in [-0.2, 0) is 11.0 Å². The van der Waals surface area contributed by atoms with Crippen LogP contribution in [-0.4, -0.2) is 61.7 Å². The van der Waals surface area contributed by atoms with Crippen LogP contribution in [0.15, 0.2) is 18.6 Å². The van der Waals surface area contributed by atoms with Crippen molar-refractivity contribution in [3.05, 3.63) is 45.5 Å². The van der Waals surface area contributed by atoms with Gasteiger partial charge >= 0.3 is 18.3 Å². The molecule has 1 aliphatic carbocycles. The van der Waals surface area contributed by atoms with Gasteiger partial charge in [-0.2, -0.15) is 31.4 Å². The van der Waals surface area contributed by atoms with Crippen molar-refractivity contribution in [2.45, 2.75) is 51.0 Å². The van der Waals surface area contributed by atoms with Gasteiger partial charge in [0.1, 0.15) is 0 Å². The van der Waals surface area contributed by atoms with E-state index in [0.29, 0.717) is 15.8 Å². The molecule has 0 saturated heterocycles. The lowest BCUT2D eigenvalue weighted by Gasteiger charge is -2.33. The second-order valence-electron chi connectivity index (χ2n) is 9.23. The van der Waals surface area contributed by atoms with Crippen LogP contribution < -0.4 is 0 Å². The number of rotatable bonds is 8. The lowest BCUT2D eigenvalue weighted by molar-refractivity contribution is -0.149. The van der Waals surface area contributed by atoms with Crippen molar-refractivity contribution in [1.29, 1.82) is 0 Å². The minimum atomic E-state index is -5.15. The van der Waals surface area contributed by atoms with E-state index in [9.17, 15) is 45.8 Å². The van der Waals surface area contributed by atoms with E-state index >= 15 is 0 Å². The molecular weight excluding hydrogens is 581 g/mol. The molecule has 0 aliphatic heterocycles. The number of carboxylic acids is 1. The van der Waals surface area contributed by atoms with E-state index in [-0.39, 0.29) is 34.9 Å². The highest BCUT2D eigenvalue weighted by Crippen LogP contribution is 2.41. The number of aliphatic carboxylic acids is 1. The average molecular weight is 603 g/mol. The summed E-state index contributed by atoms with van der Waals surface area (Å²) in [6.45, 7) is -0.604. The van der Waals surface area contributed by atoms with Crippen LogP contribution in [0.3, 0.4) is 0 Å². The Balaban J connectivity index is 1.98. The molecule has 1 fully saturated rings. The van der Waals surface area contributed by atoms with Crippen LogP contribution in [0, 0.1) is 11.8 Å². The topological polar surface area (TPSA) is 105 Å². The third-order valence-electron chi connectivity index (χ3n) is 6.52. The lowest BCUT2D eigenvalue weighted by atomic mass is 9.78. The number of amides is 1. The van der Waals surface area contributed by atoms with Gasteiger partial charge in [0, 0.05) is 18.9 Å². The minimum Gasteiger partial charge on any atom is -0.481 e. The quantitative estimate of drug-likeness (QED) is 0.296. The highest BCUT2D eigenvalue weighted by atomic mass is 35.5. The molecule has 2 heterocycles. The highest BCUT2D eigenvalue weighted by molar-refractivity contribution is 6.39. The van der Waals surface area contributed by atoms with E-state index in [1.165, 1.54) is 0 Å². The maximum atomic E-state index is 14.2. The van der Waals surface area contributed by atoms with E-state index in [4.69, 9.17) is 23.2 Å². The molecule has 0 spiro atoms. The molecule has 2 unspecified atom stereocenters. The van der Waals surface area contributed by atoms with Crippen molar-refractivity contribution in [3.8, 4) is 0 Å². The zero-order chi connectivity index (χ0) is 29.3. The number of carboxylic acid groups (broad SMARTS) is 1. The Kier molecular flexibility index (Phi) is 9.20. The van der Waals surface area contributed by atoms with Crippen molar-refractivity contribution < 1.29 is 45.8 Å². The van der Waals surface area contributed by atoms with Crippen molar-refractivity contribution >= 4 is 40.9 Å². The van der Waals surface area contributed by atoms with Crippen molar-refractivity contribution in [2.75, 3.05) is 13.1 Å². The molecule has 3 rings (SSSR count). The summed E-state index contributed by atoms with van der Waals surface area (Å²) in [4.78, 5) is 41.5. The summed E-state index contributed by atoms with van der Waals surface area (Å²) < 4.78 is 82.2. The zero-order valence-corrected chi connectivity index (χ0v) is 21.7. The average Bonchev–Trinajstić information content (AvgIpc) is 3.26. The second-order valence-corrected chi connectivity index (χ2v) is 10.0. The largest absolute Gasteiger partial charge is 0.481 e. The Bertz CT molecular complexity index is 1230. The molecule has 39 heavy (non-hydrogen) atoms. The summed E-state index contributed by atoms with van der Waals surface area (Å²) in [7, 11) is 0. The number of hydrogen-bond acceptors (Lipinski definition) is 5. The van der Waals surface area contributed by atoms with Gasteiger partial charge in [-0.15, -0.1) is 0 Å². The number of ketones is 1. The van der Waals surface area contributed by atoms with E-state index < -0.39 is 78.7 Å². The minimum absolute atomic E-state index is 0.0185. The third kappa shape index (κ3) is 7.21. The number of carbonyl (C=O) groups excluding carboxylic acids is 2. The SMILES string of the molecule is C[C@H]1CC(n2ncc(C(=O)N(CCC(F)(F)F)CC(=O)c3c(Cl)cncc3Cl)c2C(F)(F)F)CCC1C(=O)O. The first-order valence-electron chi connectivity index (χ1n) is 11.6. The number of aromatic nitrogens is 3. The second kappa shape index (κ2) is 11.7. The molecule has 3 atom stereocenters. The van der Waals surface area contributed by atoms with Crippen LogP contribution in [0.2, 0.25) is 10.0 Å². The van der Waals surface area contributed by atoms with Crippen molar-refractivity contribution in [3.63, 3.8) is 0 Å². The first-order valence-corrected chi connectivity index (χ1v) is 12.3. The summed E-state index contributed by atoms with van der Waals surface area (Å²) >= 11 is 11.8. The van der Waals surface area contributed by atoms with Gasteiger partial charge < -0.3 is 10.0 Å². The first-order chi connectivity index (χ1) is 18.0. The van der Waals surface area contributed by atoms with E-state index in [1.54, 1.807) is 6.92 Å². The van der Waals surface area contributed by atoms with Gasteiger partial charge in [0.05, 0.1) is 52.3 Å². The molecule has 16 heteroatoms. The summed E-state index contributed by atoms with van der Waals surface area (Å²) in [6, 6.07) is -0.909. The number of Topliss-reactive ketones (excluding diaryl/α,β-unsaturated/α-hetero) is 1. The number of pyridine rings is 1. The molecule has 0 radical (unpaired) electrons. The van der Waals surface area contributed by atoms with Crippen LogP contribution in [0.1, 0.15) is 65.1 Å². The van der Waals surface area contributed by atoms with Crippen LogP contribution in [0.5, 0.6) is 0 Å². The Morgan fingerprint density at radius 3 is 2.21 bits per heavy atom. The summed E-state index contributed by atoms with van der Waals surface area (Å²) in [5.74, 6) is -4.85. The molecule has 1 saturated carbocycles. The van der Waals surface area contributed by atoms with Crippen molar-refractivity contribution in [1.82, 2.24) is 19.7 Å². The van der Waals surface area contributed by atoms with Gasteiger partial charge in [-0.05, 0) is 25.2 Å². The van der Waals surface area contributed by atoms with Crippen molar-refractivity contribution in [2.24, 2.45) is 11.8 Å². The third-order valence-corrected chi connectivity index (χ3v) is 7.09. The van der Waals surface area contributed by atoms with Gasteiger partial charge in [0.15, 0.2) is 11.5 Å². The molecule has 214 valence electrons.